The van der Waals surface area contributed by atoms with Crippen LogP contribution in [0.3, 0.4) is 0 Å². The lowest BCUT2D eigenvalue weighted by Gasteiger charge is -2.37. The topological polar surface area (TPSA) is 61.9 Å². The zero-order valence-corrected chi connectivity index (χ0v) is 16.0. The van der Waals surface area contributed by atoms with Gasteiger partial charge in [0.1, 0.15) is 0 Å². The average Bonchev–Trinajstić information content (AvgIpc) is 3.08. The monoisotopic (exact) mass is 359 g/mol. The molecule has 2 heterocycles. The summed E-state index contributed by atoms with van der Waals surface area (Å²) in [5, 5.41) is 3.01. The number of urea groups is 1. The highest BCUT2D eigenvalue weighted by Crippen LogP contribution is 2.24. The number of anilines is 1. The molecule has 1 aromatic rings. The van der Waals surface area contributed by atoms with Gasteiger partial charge in [-0.1, -0.05) is 17.7 Å². The van der Waals surface area contributed by atoms with Crippen LogP contribution in [0, 0.1) is 13.8 Å². The Bertz CT molecular complexity index is 670. The van der Waals surface area contributed by atoms with Crippen LogP contribution in [0.25, 0.3) is 0 Å². The average molecular weight is 359 g/mol. The highest BCUT2D eigenvalue weighted by Gasteiger charge is 2.36. The first-order valence-corrected chi connectivity index (χ1v) is 9.45. The summed E-state index contributed by atoms with van der Waals surface area (Å²) in [6, 6.07) is 6.24. The molecule has 6 nitrogen and oxygen atoms in total. The first-order valence-electron chi connectivity index (χ1n) is 9.45. The van der Waals surface area contributed by atoms with Crippen LogP contribution in [-0.2, 0) is 9.53 Å². The second-order valence-corrected chi connectivity index (χ2v) is 7.41. The van der Waals surface area contributed by atoms with Crippen molar-refractivity contribution in [2.45, 2.75) is 52.1 Å². The van der Waals surface area contributed by atoms with Crippen LogP contribution in [0.15, 0.2) is 18.2 Å². The molecule has 142 valence electrons. The number of nitrogens with one attached hydrogen (secondary N) is 1. The number of nitrogens with zero attached hydrogens (tertiary/aromatic N) is 2. The molecule has 2 aliphatic rings. The maximum absolute atomic E-state index is 12.7. The van der Waals surface area contributed by atoms with Crippen LogP contribution in [-0.4, -0.2) is 60.1 Å². The first-order chi connectivity index (χ1) is 12.5. The van der Waals surface area contributed by atoms with E-state index in [-0.39, 0.29) is 24.0 Å². The summed E-state index contributed by atoms with van der Waals surface area (Å²) in [5.41, 5.74) is 3.08. The van der Waals surface area contributed by atoms with Gasteiger partial charge in [-0.05, 0) is 44.7 Å². The molecule has 26 heavy (non-hydrogen) atoms. The van der Waals surface area contributed by atoms with Crippen LogP contribution in [0.4, 0.5) is 10.5 Å². The predicted octanol–water partition coefficient (Wildman–Crippen LogP) is 2.94. The lowest BCUT2D eigenvalue weighted by Crippen LogP contribution is -2.49. The number of likely N-dealkylation sites (tertiary alicyclic amines) is 1. The molecule has 3 amide bonds. The van der Waals surface area contributed by atoms with E-state index in [0.29, 0.717) is 26.3 Å². The molecular formula is C20H29N3O3. The zero-order chi connectivity index (χ0) is 18.7. The third kappa shape index (κ3) is 4.18. The molecule has 2 aliphatic heterocycles. The molecule has 0 radical (unpaired) electrons. The largest absolute Gasteiger partial charge is 0.381 e. The molecule has 0 spiro atoms. The summed E-state index contributed by atoms with van der Waals surface area (Å²) in [4.78, 5) is 28.7. The van der Waals surface area contributed by atoms with Crippen molar-refractivity contribution in [3.63, 3.8) is 0 Å². The van der Waals surface area contributed by atoms with Gasteiger partial charge >= 0.3 is 6.03 Å². The van der Waals surface area contributed by atoms with Crippen molar-refractivity contribution in [2.24, 2.45) is 0 Å². The van der Waals surface area contributed by atoms with Crippen LogP contribution in [0.1, 0.15) is 37.3 Å². The minimum absolute atomic E-state index is 0.0880. The highest BCUT2D eigenvalue weighted by molar-refractivity contribution is 5.90. The van der Waals surface area contributed by atoms with Crippen molar-refractivity contribution >= 4 is 17.6 Å². The van der Waals surface area contributed by atoms with Gasteiger partial charge in [0, 0.05) is 45.0 Å². The van der Waals surface area contributed by atoms with Crippen molar-refractivity contribution < 1.29 is 14.3 Å². The molecule has 0 aliphatic carbocycles. The van der Waals surface area contributed by atoms with Gasteiger partial charge in [-0.25, -0.2) is 4.79 Å². The lowest BCUT2D eigenvalue weighted by molar-refractivity contribution is -0.135. The van der Waals surface area contributed by atoms with Gasteiger partial charge in [-0.3, -0.25) is 4.79 Å². The smallest absolute Gasteiger partial charge is 0.321 e. The number of rotatable bonds is 3. The summed E-state index contributed by atoms with van der Waals surface area (Å²) in [5.74, 6) is 0.0959. The summed E-state index contributed by atoms with van der Waals surface area (Å²) in [7, 11) is 0. The standard InChI is InChI=1S/C20H29N3O3/c1-14-4-5-19(15(2)12-14)21-20(25)22-9-6-18(13-22)23(16(3)24)17-7-10-26-11-8-17/h4-5,12,17-18H,6-11,13H2,1-3H3,(H,21,25)/t18-/m0/s1. The summed E-state index contributed by atoms with van der Waals surface area (Å²) >= 11 is 0. The molecule has 1 N–H and O–H groups in total. The number of carbonyl (C=O) groups excluding carboxylic acids is 2. The molecule has 2 saturated heterocycles. The Balaban J connectivity index is 1.62. The van der Waals surface area contributed by atoms with Gasteiger partial charge in [-0.15, -0.1) is 0 Å². The van der Waals surface area contributed by atoms with E-state index in [2.05, 4.69) is 11.4 Å². The Morgan fingerprint density at radius 2 is 1.88 bits per heavy atom. The van der Waals surface area contributed by atoms with E-state index in [1.165, 1.54) is 5.56 Å². The number of hydrogen-bond acceptors (Lipinski definition) is 3. The quantitative estimate of drug-likeness (QED) is 0.903. The molecule has 0 aromatic heterocycles. The summed E-state index contributed by atoms with van der Waals surface area (Å²) in [6.07, 6.45) is 2.59. The van der Waals surface area contributed by atoms with Crippen LogP contribution >= 0.6 is 0 Å². The first kappa shape index (κ1) is 18.7. The summed E-state index contributed by atoms with van der Waals surface area (Å²) < 4.78 is 5.43. The Morgan fingerprint density at radius 3 is 2.54 bits per heavy atom. The third-order valence-corrected chi connectivity index (χ3v) is 5.42. The van der Waals surface area contributed by atoms with Crippen LogP contribution < -0.4 is 5.32 Å². The van der Waals surface area contributed by atoms with E-state index in [0.717, 1.165) is 30.5 Å². The number of ether oxygens (including phenoxy) is 1. The Kier molecular flexibility index (Phi) is 5.81. The molecule has 1 atom stereocenters. The van der Waals surface area contributed by atoms with Gasteiger partial charge in [0.2, 0.25) is 5.91 Å². The molecule has 0 saturated carbocycles. The van der Waals surface area contributed by atoms with E-state index < -0.39 is 0 Å². The molecular weight excluding hydrogens is 330 g/mol. The Morgan fingerprint density at radius 1 is 1.15 bits per heavy atom. The van der Waals surface area contributed by atoms with Gasteiger partial charge < -0.3 is 19.9 Å². The van der Waals surface area contributed by atoms with Crippen LogP contribution in [0.5, 0.6) is 0 Å². The number of amides is 3. The van der Waals surface area contributed by atoms with Gasteiger partial charge in [0.25, 0.3) is 0 Å². The van der Waals surface area contributed by atoms with Crippen molar-refractivity contribution in [1.29, 1.82) is 0 Å². The van der Waals surface area contributed by atoms with Crippen molar-refractivity contribution in [3.05, 3.63) is 29.3 Å². The van der Waals surface area contributed by atoms with Crippen LogP contribution in [0.2, 0.25) is 0 Å². The molecule has 3 rings (SSSR count). The van der Waals surface area contributed by atoms with Gasteiger partial charge in [0.05, 0.1) is 6.04 Å². The van der Waals surface area contributed by atoms with Gasteiger partial charge in [-0.2, -0.15) is 0 Å². The van der Waals surface area contributed by atoms with E-state index >= 15 is 0 Å². The molecule has 1 aromatic carbocycles. The van der Waals surface area contributed by atoms with E-state index in [9.17, 15) is 9.59 Å². The zero-order valence-electron chi connectivity index (χ0n) is 16.0. The van der Waals surface area contributed by atoms with E-state index in [4.69, 9.17) is 4.74 Å². The summed E-state index contributed by atoms with van der Waals surface area (Å²) in [6.45, 7) is 8.35. The lowest BCUT2D eigenvalue weighted by atomic mass is 10.0. The number of benzene rings is 1. The molecule has 0 unspecified atom stereocenters. The SMILES string of the molecule is CC(=O)N(C1CCOCC1)[C@H]1CCN(C(=O)Nc2ccc(C)cc2C)C1. The predicted molar refractivity (Wildman–Crippen MR) is 101 cm³/mol. The highest BCUT2D eigenvalue weighted by atomic mass is 16.5. The molecule has 0 bridgehead atoms. The number of aryl methyl sites for hydroxylation is 2. The fourth-order valence-corrected chi connectivity index (χ4v) is 4.08. The number of hydrogen-bond donors (Lipinski definition) is 1. The second kappa shape index (κ2) is 8.08. The normalized spacial score (nSPS) is 20.9. The van der Waals surface area contributed by atoms with Crippen molar-refractivity contribution in [3.8, 4) is 0 Å². The minimum atomic E-state index is -0.0880. The fourth-order valence-electron chi connectivity index (χ4n) is 4.08. The Hall–Kier alpha value is -2.08. The van der Waals surface area contributed by atoms with Crippen molar-refractivity contribution in [2.75, 3.05) is 31.6 Å². The molecule has 6 heteroatoms. The maximum atomic E-state index is 12.7. The van der Waals surface area contributed by atoms with Gasteiger partial charge in [0.15, 0.2) is 0 Å². The molecule has 2 fully saturated rings. The second-order valence-electron chi connectivity index (χ2n) is 7.41. The third-order valence-electron chi connectivity index (χ3n) is 5.42. The number of carbonyl (C=O) groups is 2. The van der Waals surface area contributed by atoms with Crippen molar-refractivity contribution in [1.82, 2.24) is 9.80 Å². The maximum Gasteiger partial charge on any atom is 0.321 e. The fraction of sp³-hybridized carbons (Fsp3) is 0.600. The van der Waals surface area contributed by atoms with E-state index in [1.807, 2.05) is 35.8 Å². The van der Waals surface area contributed by atoms with E-state index in [1.54, 1.807) is 6.92 Å². The Labute approximate surface area is 155 Å². The minimum Gasteiger partial charge on any atom is -0.381 e.